The highest BCUT2D eigenvalue weighted by Gasteiger charge is 2.36. The van der Waals surface area contributed by atoms with Crippen LogP contribution >= 0.6 is 15.9 Å². The lowest BCUT2D eigenvalue weighted by Crippen LogP contribution is -2.48. The molecule has 1 N–H and O–H groups in total. The van der Waals surface area contributed by atoms with Crippen LogP contribution in [-0.2, 0) is 6.18 Å². The van der Waals surface area contributed by atoms with Crippen molar-refractivity contribution in [1.29, 1.82) is 0 Å². The largest absolute Gasteiger partial charge is 0.416 e. The number of hydrogen-bond acceptors (Lipinski definition) is 2. The molecule has 0 amide bonds. The van der Waals surface area contributed by atoms with E-state index in [2.05, 4.69) is 46.9 Å². The average Bonchev–Trinajstić information content (AvgIpc) is 2.39. The molecule has 124 valence electrons. The molecule has 1 aliphatic heterocycles. The summed E-state index contributed by atoms with van der Waals surface area (Å²) in [4.78, 5) is 2.27. The zero-order valence-corrected chi connectivity index (χ0v) is 14.7. The SMILES string of the molecule is CC(C)(C)[C@@H](c1cc(C(F)(F)F)ccc1Br)N1CCNCC1. The molecule has 2 nitrogen and oxygen atoms in total. The third kappa shape index (κ3) is 4.03. The van der Waals surface area contributed by atoms with Crippen LogP contribution in [0, 0.1) is 5.41 Å². The molecule has 2 rings (SSSR count). The van der Waals surface area contributed by atoms with Gasteiger partial charge in [-0.2, -0.15) is 13.2 Å². The minimum Gasteiger partial charge on any atom is -0.314 e. The molecule has 1 aromatic rings. The second-order valence-corrected chi connectivity index (χ2v) is 7.64. The molecule has 0 radical (unpaired) electrons. The number of benzene rings is 1. The Bertz CT molecular complexity index is 517. The Balaban J connectivity index is 2.47. The Morgan fingerprint density at radius 1 is 1.14 bits per heavy atom. The van der Waals surface area contributed by atoms with Crippen molar-refractivity contribution in [3.05, 3.63) is 33.8 Å². The predicted octanol–water partition coefficient (Wildman–Crippen LogP) is 4.46. The Labute approximate surface area is 138 Å². The molecular weight excluding hydrogens is 357 g/mol. The zero-order valence-electron chi connectivity index (χ0n) is 13.1. The van der Waals surface area contributed by atoms with Crippen LogP contribution in [0.15, 0.2) is 22.7 Å². The highest BCUT2D eigenvalue weighted by Crippen LogP contribution is 2.43. The summed E-state index contributed by atoms with van der Waals surface area (Å²) in [6, 6.07) is 3.87. The lowest BCUT2D eigenvalue weighted by molar-refractivity contribution is -0.137. The quantitative estimate of drug-likeness (QED) is 0.816. The van der Waals surface area contributed by atoms with Gasteiger partial charge in [0.05, 0.1) is 5.56 Å². The summed E-state index contributed by atoms with van der Waals surface area (Å²) in [5.74, 6) is 0. The van der Waals surface area contributed by atoms with Gasteiger partial charge in [0.15, 0.2) is 0 Å². The van der Waals surface area contributed by atoms with E-state index < -0.39 is 11.7 Å². The highest BCUT2D eigenvalue weighted by atomic mass is 79.9. The number of nitrogens with one attached hydrogen (secondary N) is 1. The summed E-state index contributed by atoms with van der Waals surface area (Å²) in [6.45, 7) is 9.63. The van der Waals surface area contributed by atoms with Gasteiger partial charge in [-0.3, -0.25) is 4.90 Å². The summed E-state index contributed by atoms with van der Waals surface area (Å²) in [7, 11) is 0. The third-order valence-electron chi connectivity index (χ3n) is 3.95. The van der Waals surface area contributed by atoms with Crippen LogP contribution in [0.5, 0.6) is 0 Å². The van der Waals surface area contributed by atoms with Gasteiger partial charge in [0.2, 0.25) is 0 Å². The van der Waals surface area contributed by atoms with E-state index in [0.717, 1.165) is 36.7 Å². The molecule has 0 aliphatic carbocycles. The van der Waals surface area contributed by atoms with Gasteiger partial charge in [-0.1, -0.05) is 36.7 Å². The van der Waals surface area contributed by atoms with Gasteiger partial charge < -0.3 is 5.32 Å². The van der Waals surface area contributed by atoms with Crippen LogP contribution in [0.4, 0.5) is 13.2 Å². The molecule has 1 fully saturated rings. The van der Waals surface area contributed by atoms with E-state index in [1.165, 1.54) is 12.1 Å². The van der Waals surface area contributed by atoms with E-state index in [1.807, 2.05) is 0 Å². The molecule has 1 heterocycles. The number of nitrogens with zero attached hydrogens (tertiary/aromatic N) is 1. The van der Waals surface area contributed by atoms with E-state index in [-0.39, 0.29) is 11.5 Å². The van der Waals surface area contributed by atoms with Crippen molar-refractivity contribution in [2.45, 2.75) is 33.0 Å². The first-order chi connectivity index (χ1) is 10.1. The molecule has 0 spiro atoms. The van der Waals surface area contributed by atoms with Crippen LogP contribution in [-0.4, -0.2) is 31.1 Å². The minimum absolute atomic E-state index is 0.0636. The van der Waals surface area contributed by atoms with Crippen molar-refractivity contribution in [3.8, 4) is 0 Å². The normalized spacial score (nSPS) is 19.2. The van der Waals surface area contributed by atoms with Crippen molar-refractivity contribution >= 4 is 15.9 Å². The Morgan fingerprint density at radius 2 is 1.73 bits per heavy atom. The fraction of sp³-hybridized carbons (Fsp3) is 0.625. The van der Waals surface area contributed by atoms with Gasteiger partial charge in [0.1, 0.15) is 0 Å². The predicted molar refractivity (Wildman–Crippen MR) is 85.8 cm³/mol. The standard InChI is InChI=1S/C16H22BrF3N2/c1-15(2,3)14(22-8-6-21-7-9-22)12-10-11(16(18,19)20)4-5-13(12)17/h4-5,10,14,21H,6-9H2,1-3H3/t14-/m1/s1. The molecule has 1 aliphatic rings. The summed E-state index contributed by atoms with van der Waals surface area (Å²) < 4.78 is 39.9. The van der Waals surface area contributed by atoms with Gasteiger partial charge >= 0.3 is 6.18 Å². The van der Waals surface area contributed by atoms with Gasteiger partial charge in [0.25, 0.3) is 0 Å². The summed E-state index contributed by atoms with van der Waals surface area (Å²) in [5.41, 5.74) is -0.0383. The fourth-order valence-electron chi connectivity index (χ4n) is 3.08. The monoisotopic (exact) mass is 378 g/mol. The molecule has 1 atom stereocenters. The number of rotatable bonds is 2. The highest BCUT2D eigenvalue weighted by molar-refractivity contribution is 9.10. The maximum atomic E-state index is 13.1. The average molecular weight is 379 g/mol. The van der Waals surface area contributed by atoms with E-state index >= 15 is 0 Å². The summed E-state index contributed by atoms with van der Waals surface area (Å²) in [5, 5.41) is 3.29. The molecule has 0 saturated carbocycles. The number of piperazine rings is 1. The van der Waals surface area contributed by atoms with E-state index in [9.17, 15) is 13.2 Å². The number of alkyl halides is 3. The van der Waals surface area contributed by atoms with Gasteiger partial charge in [-0.15, -0.1) is 0 Å². The Hall–Kier alpha value is -0.590. The van der Waals surface area contributed by atoms with Crippen LogP contribution in [0.2, 0.25) is 0 Å². The number of hydrogen-bond donors (Lipinski definition) is 1. The third-order valence-corrected chi connectivity index (χ3v) is 4.68. The van der Waals surface area contributed by atoms with E-state index in [0.29, 0.717) is 5.56 Å². The van der Waals surface area contributed by atoms with Crippen LogP contribution in [0.25, 0.3) is 0 Å². The molecule has 0 unspecified atom stereocenters. The van der Waals surface area contributed by atoms with Gasteiger partial charge in [-0.25, -0.2) is 0 Å². The maximum Gasteiger partial charge on any atom is 0.416 e. The molecule has 0 aromatic heterocycles. The second-order valence-electron chi connectivity index (χ2n) is 6.79. The maximum absolute atomic E-state index is 13.1. The Kier molecular flexibility index (Phi) is 5.24. The van der Waals surface area contributed by atoms with Crippen LogP contribution in [0.3, 0.4) is 0 Å². The van der Waals surface area contributed by atoms with Crippen molar-refractivity contribution in [2.24, 2.45) is 5.41 Å². The molecule has 6 heteroatoms. The fourth-order valence-corrected chi connectivity index (χ4v) is 3.54. The topological polar surface area (TPSA) is 15.3 Å². The van der Waals surface area contributed by atoms with E-state index in [1.54, 1.807) is 0 Å². The molecule has 22 heavy (non-hydrogen) atoms. The van der Waals surface area contributed by atoms with Gasteiger partial charge in [-0.05, 0) is 29.2 Å². The zero-order chi connectivity index (χ0) is 16.5. The van der Waals surface area contributed by atoms with Crippen molar-refractivity contribution < 1.29 is 13.2 Å². The lowest BCUT2D eigenvalue weighted by atomic mass is 9.80. The first kappa shape index (κ1) is 17.8. The summed E-state index contributed by atoms with van der Waals surface area (Å²) in [6.07, 6.45) is -4.32. The first-order valence-corrected chi connectivity index (χ1v) is 8.21. The Morgan fingerprint density at radius 3 is 2.23 bits per heavy atom. The van der Waals surface area contributed by atoms with Crippen molar-refractivity contribution in [3.63, 3.8) is 0 Å². The molecule has 0 bridgehead atoms. The molecule has 1 saturated heterocycles. The van der Waals surface area contributed by atoms with E-state index in [4.69, 9.17) is 0 Å². The molecular formula is C16H22BrF3N2. The lowest BCUT2D eigenvalue weighted by Gasteiger charge is -2.43. The van der Waals surface area contributed by atoms with Gasteiger partial charge in [0, 0.05) is 36.7 Å². The van der Waals surface area contributed by atoms with Crippen molar-refractivity contribution in [1.82, 2.24) is 10.2 Å². The number of halogens is 4. The van der Waals surface area contributed by atoms with Crippen LogP contribution < -0.4 is 5.32 Å². The molecule has 1 aromatic carbocycles. The summed E-state index contributed by atoms with van der Waals surface area (Å²) >= 11 is 3.45. The minimum atomic E-state index is -4.32. The second kappa shape index (κ2) is 6.49. The smallest absolute Gasteiger partial charge is 0.314 e. The van der Waals surface area contributed by atoms with Crippen molar-refractivity contribution in [2.75, 3.05) is 26.2 Å². The van der Waals surface area contributed by atoms with Crippen LogP contribution in [0.1, 0.15) is 37.9 Å². The first-order valence-electron chi connectivity index (χ1n) is 7.42.